The van der Waals surface area contributed by atoms with Gasteiger partial charge in [0.1, 0.15) is 0 Å². The highest BCUT2D eigenvalue weighted by Crippen LogP contribution is 2.27. The second kappa shape index (κ2) is 8.52. The quantitative estimate of drug-likeness (QED) is 0.288. The summed E-state index contributed by atoms with van der Waals surface area (Å²) in [5.74, 6) is -1.31. The van der Waals surface area contributed by atoms with Crippen molar-refractivity contribution in [1.29, 1.82) is 0 Å². The van der Waals surface area contributed by atoms with Crippen molar-refractivity contribution in [2.24, 2.45) is 10.2 Å². The number of ketones is 1. The number of carbonyl (C=O) groups excluding carboxylic acids is 3. The Balaban J connectivity index is 1.52. The Labute approximate surface area is 188 Å². The molecule has 0 fully saturated rings. The Bertz CT molecular complexity index is 1450. The Kier molecular flexibility index (Phi) is 5.75. The van der Waals surface area contributed by atoms with E-state index in [2.05, 4.69) is 20.9 Å². The van der Waals surface area contributed by atoms with E-state index in [-0.39, 0.29) is 17.2 Å². The van der Waals surface area contributed by atoms with Gasteiger partial charge in [0.25, 0.3) is 16.0 Å². The van der Waals surface area contributed by atoms with Crippen molar-refractivity contribution in [3.8, 4) is 0 Å². The molecular weight excluding hydrogens is 448 g/mol. The summed E-state index contributed by atoms with van der Waals surface area (Å²) in [5, 5.41) is 14.4. The van der Waals surface area contributed by atoms with E-state index >= 15 is 0 Å². The van der Waals surface area contributed by atoms with Gasteiger partial charge in [-0.15, -0.1) is 0 Å². The number of amides is 2. The third-order valence-corrected chi connectivity index (χ3v) is 5.87. The van der Waals surface area contributed by atoms with Crippen LogP contribution in [0.25, 0.3) is 10.8 Å². The first-order valence-corrected chi connectivity index (χ1v) is 11.2. The number of azo groups is 1. The first-order valence-electron chi connectivity index (χ1n) is 9.76. The van der Waals surface area contributed by atoms with Crippen molar-refractivity contribution in [3.63, 3.8) is 0 Å². The second-order valence-electron chi connectivity index (χ2n) is 7.48. The van der Waals surface area contributed by atoms with E-state index in [0.29, 0.717) is 27.8 Å². The van der Waals surface area contributed by atoms with Gasteiger partial charge < -0.3 is 10.6 Å². The molecule has 3 aromatic carbocycles. The van der Waals surface area contributed by atoms with E-state index in [1.807, 2.05) is 0 Å². The van der Waals surface area contributed by atoms with E-state index in [1.165, 1.54) is 31.2 Å². The highest BCUT2D eigenvalue weighted by atomic mass is 32.2. The Morgan fingerprint density at radius 3 is 2.52 bits per heavy atom. The highest BCUT2D eigenvalue weighted by Gasteiger charge is 2.24. The van der Waals surface area contributed by atoms with Gasteiger partial charge in [-0.25, -0.2) is 0 Å². The minimum atomic E-state index is -4.32. The maximum Gasteiger partial charge on any atom is 0.294 e. The van der Waals surface area contributed by atoms with Crippen LogP contribution >= 0.6 is 0 Å². The van der Waals surface area contributed by atoms with Crippen LogP contribution in [0.2, 0.25) is 0 Å². The molecule has 0 aromatic heterocycles. The zero-order valence-electron chi connectivity index (χ0n) is 17.3. The number of fused-ring (bicyclic) bond motifs is 2. The smallest absolute Gasteiger partial charge is 0.294 e. The molecule has 2 amide bonds. The van der Waals surface area contributed by atoms with E-state index in [0.717, 1.165) is 5.56 Å². The van der Waals surface area contributed by atoms with Crippen LogP contribution in [0.1, 0.15) is 12.5 Å². The number of nitrogens with zero attached hydrogens (tertiary/aromatic N) is 2. The van der Waals surface area contributed by atoms with Gasteiger partial charge in [-0.1, -0.05) is 18.2 Å². The van der Waals surface area contributed by atoms with Crippen molar-refractivity contribution in [3.05, 3.63) is 60.2 Å². The van der Waals surface area contributed by atoms with Crippen LogP contribution in [0.4, 0.5) is 17.1 Å². The number of carbonyl (C=O) groups is 3. The lowest BCUT2D eigenvalue weighted by Gasteiger charge is -2.10. The van der Waals surface area contributed by atoms with E-state index in [9.17, 15) is 22.8 Å². The first-order chi connectivity index (χ1) is 15.6. The lowest BCUT2D eigenvalue weighted by molar-refractivity contribution is -0.126. The predicted octanol–water partition coefficient (Wildman–Crippen LogP) is 3.26. The largest absolute Gasteiger partial charge is 0.325 e. The third kappa shape index (κ3) is 4.94. The van der Waals surface area contributed by atoms with Gasteiger partial charge in [-0.05, 0) is 59.7 Å². The van der Waals surface area contributed by atoms with Crippen molar-refractivity contribution in [2.75, 3.05) is 10.6 Å². The molecule has 0 saturated heterocycles. The first kappa shape index (κ1) is 22.2. The molecule has 10 nitrogen and oxygen atoms in total. The second-order valence-corrected chi connectivity index (χ2v) is 8.90. The highest BCUT2D eigenvalue weighted by molar-refractivity contribution is 7.85. The van der Waals surface area contributed by atoms with Gasteiger partial charge >= 0.3 is 0 Å². The van der Waals surface area contributed by atoms with Gasteiger partial charge in [0, 0.05) is 11.4 Å². The number of hydrogen-bond donors (Lipinski definition) is 3. The SMILES string of the molecule is CC(=O)C(N=Nc1ccc2cc(S(=O)(=O)O)ccc2c1)C(=O)Nc1ccc2c(c1)NC(=O)C2. The van der Waals surface area contributed by atoms with E-state index in [4.69, 9.17) is 4.55 Å². The number of nitrogens with one attached hydrogen (secondary N) is 2. The summed E-state index contributed by atoms with van der Waals surface area (Å²) in [6, 6.07) is 12.4. The van der Waals surface area contributed by atoms with Crippen molar-refractivity contribution in [2.45, 2.75) is 24.3 Å². The number of Topliss-reactive ketones (excluding diaryl/α,β-unsaturated/α-hetero) is 1. The number of benzene rings is 3. The molecule has 0 radical (unpaired) electrons. The number of hydrogen-bond acceptors (Lipinski definition) is 7. The lowest BCUT2D eigenvalue weighted by atomic mass is 10.1. The van der Waals surface area contributed by atoms with Crippen LogP contribution in [-0.4, -0.2) is 36.6 Å². The average Bonchev–Trinajstić information content (AvgIpc) is 3.11. The molecule has 33 heavy (non-hydrogen) atoms. The van der Waals surface area contributed by atoms with Gasteiger partial charge in [0.15, 0.2) is 5.78 Å². The lowest BCUT2D eigenvalue weighted by Crippen LogP contribution is -2.31. The minimum absolute atomic E-state index is 0.131. The molecule has 1 heterocycles. The summed E-state index contributed by atoms with van der Waals surface area (Å²) in [7, 11) is -4.32. The molecule has 168 valence electrons. The monoisotopic (exact) mass is 466 g/mol. The van der Waals surface area contributed by atoms with Gasteiger partial charge in [-0.3, -0.25) is 18.9 Å². The molecule has 4 rings (SSSR count). The maximum absolute atomic E-state index is 12.6. The molecular formula is C22H18N4O6S. The fraction of sp³-hybridized carbons (Fsp3) is 0.136. The van der Waals surface area contributed by atoms with E-state index < -0.39 is 27.9 Å². The zero-order chi connectivity index (χ0) is 23.8. The topological polar surface area (TPSA) is 154 Å². The Morgan fingerprint density at radius 1 is 1.06 bits per heavy atom. The van der Waals surface area contributed by atoms with Gasteiger partial charge in [0.2, 0.25) is 11.9 Å². The van der Waals surface area contributed by atoms with Crippen molar-refractivity contribution < 1.29 is 27.4 Å². The minimum Gasteiger partial charge on any atom is -0.325 e. The molecule has 0 spiro atoms. The fourth-order valence-electron chi connectivity index (χ4n) is 3.38. The van der Waals surface area contributed by atoms with Gasteiger partial charge in [-0.2, -0.15) is 18.6 Å². The third-order valence-electron chi connectivity index (χ3n) is 5.02. The average molecular weight is 466 g/mol. The summed E-state index contributed by atoms with van der Waals surface area (Å²) in [6.45, 7) is 1.23. The van der Waals surface area contributed by atoms with Crippen LogP contribution in [0.3, 0.4) is 0 Å². The number of rotatable bonds is 6. The molecule has 3 N–H and O–H groups in total. The number of anilines is 2. The van der Waals surface area contributed by atoms with Crippen molar-refractivity contribution in [1.82, 2.24) is 0 Å². The molecule has 3 aromatic rings. The Morgan fingerprint density at radius 2 is 1.79 bits per heavy atom. The van der Waals surface area contributed by atoms with Crippen molar-refractivity contribution >= 4 is 55.6 Å². The van der Waals surface area contributed by atoms with Crippen LogP contribution in [0.5, 0.6) is 0 Å². The maximum atomic E-state index is 12.6. The van der Waals surface area contributed by atoms with Crippen LogP contribution in [-0.2, 0) is 30.9 Å². The predicted molar refractivity (Wildman–Crippen MR) is 120 cm³/mol. The molecule has 1 aliphatic heterocycles. The summed E-state index contributed by atoms with van der Waals surface area (Å²) in [4.78, 5) is 35.9. The van der Waals surface area contributed by atoms with Crippen LogP contribution in [0, 0.1) is 0 Å². The van der Waals surface area contributed by atoms with Gasteiger partial charge in [0.05, 0.1) is 17.0 Å². The molecule has 0 bridgehead atoms. The molecule has 1 aliphatic rings. The van der Waals surface area contributed by atoms with Crippen LogP contribution in [0.15, 0.2) is 69.7 Å². The molecule has 0 saturated carbocycles. The molecule has 1 unspecified atom stereocenters. The Hall–Kier alpha value is -3.96. The standard InChI is InChI=1S/C22H18N4O6S/c1-12(27)21(22(29)23-16-5-3-15-10-20(28)24-19(15)11-16)26-25-17-6-2-14-9-18(33(30,31)32)7-4-13(14)8-17/h2-9,11,21H,10H2,1H3,(H,23,29)(H,24,28)(H,30,31,32). The normalized spacial score (nSPS) is 14.2. The van der Waals surface area contributed by atoms with E-state index in [1.54, 1.807) is 30.3 Å². The van der Waals surface area contributed by atoms with Crippen LogP contribution < -0.4 is 10.6 Å². The summed E-state index contributed by atoms with van der Waals surface area (Å²) >= 11 is 0. The molecule has 0 aliphatic carbocycles. The molecule has 11 heteroatoms. The summed E-state index contributed by atoms with van der Waals surface area (Å²) in [5.41, 5.74) is 2.18. The molecule has 1 atom stereocenters. The fourth-order valence-corrected chi connectivity index (χ4v) is 3.90. The summed E-state index contributed by atoms with van der Waals surface area (Å²) in [6.07, 6.45) is 0.275. The zero-order valence-corrected chi connectivity index (χ0v) is 18.1. The summed E-state index contributed by atoms with van der Waals surface area (Å²) < 4.78 is 31.7.